The highest BCUT2D eigenvalue weighted by Gasteiger charge is 2.19. The number of pyridine rings is 1. The summed E-state index contributed by atoms with van der Waals surface area (Å²) in [5.41, 5.74) is 7.18. The molecule has 0 bridgehead atoms. The molecule has 0 aliphatic rings. The van der Waals surface area contributed by atoms with Gasteiger partial charge in [0.2, 0.25) is 5.91 Å². The molecule has 3 N–H and O–H groups in total. The second kappa shape index (κ2) is 6.45. The van der Waals surface area contributed by atoms with Gasteiger partial charge in [0.05, 0.1) is 5.52 Å². The van der Waals surface area contributed by atoms with Crippen LogP contribution in [0.3, 0.4) is 0 Å². The van der Waals surface area contributed by atoms with E-state index in [2.05, 4.69) is 10.3 Å². The molecule has 0 fully saturated rings. The molecule has 1 unspecified atom stereocenters. The van der Waals surface area contributed by atoms with Crippen molar-refractivity contribution in [3.63, 3.8) is 0 Å². The van der Waals surface area contributed by atoms with Gasteiger partial charge in [-0.2, -0.15) is 0 Å². The van der Waals surface area contributed by atoms with Crippen molar-refractivity contribution in [3.8, 4) is 0 Å². The molecule has 106 valence electrons. The van der Waals surface area contributed by atoms with Crippen LogP contribution in [0.4, 0.5) is 0 Å². The Morgan fingerprint density at radius 1 is 1.35 bits per heavy atom. The van der Waals surface area contributed by atoms with Gasteiger partial charge >= 0.3 is 0 Å². The predicted molar refractivity (Wildman–Crippen MR) is 80.2 cm³/mol. The molecule has 0 spiro atoms. The number of nitrogens with one attached hydrogen (secondary N) is 1. The van der Waals surface area contributed by atoms with E-state index in [1.165, 1.54) is 0 Å². The minimum absolute atomic E-state index is 0.387. The highest BCUT2D eigenvalue weighted by Crippen LogP contribution is 2.22. The summed E-state index contributed by atoms with van der Waals surface area (Å²) in [5.74, 6) is -0.387. The van der Waals surface area contributed by atoms with E-state index in [9.17, 15) is 4.79 Å². The summed E-state index contributed by atoms with van der Waals surface area (Å²) in [4.78, 5) is 18.2. The van der Waals surface area contributed by atoms with E-state index in [0.29, 0.717) is 6.54 Å². The Bertz CT molecular complexity index is 592. The number of hydrogen-bond acceptors (Lipinski definition) is 4. The third kappa shape index (κ3) is 3.31. The van der Waals surface area contributed by atoms with Crippen LogP contribution in [0.1, 0.15) is 11.6 Å². The number of carbonyl (C=O) groups excluding carboxylic acids is 1. The zero-order valence-corrected chi connectivity index (χ0v) is 11.8. The van der Waals surface area contributed by atoms with Gasteiger partial charge in [-0.25, -0.2) is 0 Å². The molecule has 1 amide bonds. The monoisotopic (exact) mass is 272 g/mol. The van der Waals surface area contributed by atoms with Gasteiger partial charge in [0.15, 0.2) is 0 Å². The number of nitrogens with zero attached hydrogens (tertiary/aromatic N) is 2. The number of amides is 1. The van der Waals surface area contributed by atoms with Gasteiger partial charge in [-0.3, -0.25) is 9.78 Å². The van der Waals surface area contributed by atoms with Crippen molar-refractivity contribution in [3.05, 3.63) is 42.1 Å². The van der Waals surface area contributed by atoms with Gasteiger partial charge in [0, 0.05) is 30.2 Å². The second-order valence-corrected chi connectivity index (χ2v) is 5.02. The molecule has 2 rings (SSSR count). The molecule has 2 aromatic rings. The molecular weight excluding hydrogens is 252 g/mol. The van der Waals surface area contributed by atoms with E-state index >= 15 is 0 Å². The van der Waals surface area contributed by atoms with Crippen LogP contribution >= 0.6 is 0 Å². The van der Waals surface area contributed by atoms with Crippen molar-refractivity contribution < 1.29 is 4.79 Å². The SMILES string of the molecule is CN(C)CCNC(C(N)=O)c1cccc2cccnc12. The first-order valence-corrected chi connectivity index (χ1v) is 6.60. The standard InChI is InChI=1S/C15H20N4O/c1-19(2)10-9-18-14(15(16)20)12-7-3-5-11-6-4-8-17-13(11)12/h3-8,14,18H,9-10H2,1-2H3,(H2,16,20). The summed E-state index contributed by atoms with van der Waals surface area (Å²) in [6, 6.07) is 9.13. The largest absolute Gasteiger partial charge is 0.368 e. The Kier molecular flexibility index (Phi) is 4.65. The Hall–Kier alpha value is -1.98. The summed E-state index contributed by atoms with van der Waals surface area (Å²) in [6.07, 6.45) is 1.73. The molecular formula is C15H20N4O. The van der Waals surface area contributed by atoms with Crippen LogP contribution in [0.25, 0.3) is 10.9 Å². The number of aromatic nitrogens is 1. The maximum absolute atomic E-state index is 11.7. The van der Waals surface area contributed by atoms with E-state index in [-0.39, 0.29) is 5.91 Å². The van der Waals surface area contributed by atoms with Gasteiger partial charge < -0.3 is 16.0 Å². The van der Waals surface area contributed by atoms with Crippen LogP contribution in [0.15, 0.2) is 36.5 Å². The molecule has 0 aliphatic carbocycles. The first kappa shape index (κ1) is 14.4. The summed E-state index contributed by atoms with van der Waals surface area (Å²) >= 11 is 0. The lowest BCUT2D eigenvalue weighted by atomic mass is 10.0. The topological polar surface area (TPSA) is 71.2 Å². The fourth-order valence-electron chi connectivity index (χ4n) is 2.16. The number of para-hydroxylation sites is 1. The summed E-state index contributed by atoms with van der Waals surface area (Å²) < 4.78 is 0. The van der Waals surface area contributed by atoms with Crippen molar-refractivity contribution >= 4 is 16.8 Å². The Labute approximate surface area is 118 Å². The molecule has 5 nitrogen and oxygen atoms in total. The highest BCUT2D eigenvalue weighted by molar-refractivity contribution is 5.89. The number of fused-ring (bicyclic) bond motifs is 1. The van der Waals surface area contributed by atoms with Crippen LogP contribution in [0, 0.1) is 0 Å². The first-order chi connectivity index (χ1) is 9.59. The molecule has 0 radical (unpaired) electrons. The lowest BCUT2D eigenvalue weighted by Crippen LogP contribution is -2.37. The highest BCUT2D eigenvalue weighted by atomic mass is 16.1. The average molecular weight is 272 g/mol. The predicted octanol–water partition coefficient (Wildman–Crippen LogP) is 0.912. The first-order valence-electron chi connectivity index (χ1n) is 6.60. The Morgan fingerprint density at radius 2 is 2.10 bits per heavy atom. The number of carbonyl (C=O) groups is 1. The van der Waals surface area contributed by atoms with Crippen LogP contribution in [-0.4, -0.2) is 43.0 Å². The van der Waals surface area contributed by atoms with Crippen molar-refractivity contribution in [2.24, 2.45) is 5.73 Å². The molecule has 0 saturated heterocycles. The van der Waals surface area contributed by atoms with Crippen LogP contribution in [-0.2, 0) is 4.79 Å². The molecule has 20 heavy (non-hydrogen) atoms. The molecule has 0 saturated carbocycles. The smallest absolute Gasteiger partial charge is 0.239 e. The molecule has 0 aliphatic heterocycles. The summed E-state index contributed by atoms with van der Waals surface area (Å²) in [7, 11) is 3.97. The average Bonchev–Trinajstić information content (AvgIpc) is 2.42. The third-order valence-corrected chi connectivity index (χ3v) is 3.17. The maximum Gasteiger partial charge on any atom is 0.239 e. The number of rotatable bonds is 6. The summed E-state index contributed by atoms with van der Waals surface area (Å²) in [5, 5.41) is 4.21. The van der Waals surface area contributed by atoms with E-state index in [0.717, 1.165) is 23.0 Å². The number of hydrogen-bond donors (Lipinski definition) is 2. The van der Waals surface area contributed by atoms with E-state index in [1.54, 1.807) is 6.20 Å². The van der Waals surface area contributed by atoms with Crippen molar-refractivity contribution in [1.29, 1.82) is 0 Å². The minimum Gasteiger partial charge on any atom is -0.368 e. The van der Waals surface area contributed by atoms with Gasteiger partial charge in [-0.05, 0) is 20.2 Å². The van der Waals surface area contributed by atoms with E-state index in [1.807, 2.05) is 49.3 Å². The van der Waals surface area contributed by atoms with Crippen molar-refractivity contribution in [1.82, 2.24) is 15.2 Å². The Balaban J connectivity index is 2.29. The molecule has 1 aromatic heterocycles. The number of nitrogens with two attached hydrogens (primary N) is 1. The van der Waals surface area contributed by atoms with Gasteiger partial charge in [-0.15, -0.1) is 0 Å². The number of primary amides is 1. The van der Waals surface area contributed by atoms with E-state index < -0.39 is 6.04 Å². The second-order valence-electron chi connectivity index (χ2n) is 5.02. The third-order valence-electron chi connectivity index (χ3n) is 3.17. The normalized spacial score (nSPS) is 12.8. The fourth-order valence-corrected chi connectivity index (χ4v) is 2.16. The fraction of sp³-hybridized carbons (Fsp3) is 0.333. The number of likely N-dealkylation sites (N-methyl/N-ethyl adjacent to an activating group) is 1. The zero-order chi connectivity index (χ0) is 14.5. The molecule has 1 aromatic carbocycles. The van der Waals surface area contributed by atoms with E-state index in [4.69, 9.17) is 5.73 Å². The van der Waals surface area contributed by atoms with Gasteiger partial charge in [0.1, 0.15) is 6.04 Å². The number of benzene rings is 1. The van der Waals surface area contributed by atoms with Crippen LogP contribution in [0.2, 0.25) is 0 Å². The zero-order valence-electron chi connectivity index (χ0n) is 11.8. The van der Waals surface area contributed by atoms with Gasteiger partial charge in [-0.1, -0.05) is 24.3 Å². The quantitative estimate of drug-likeness (QED) is 0.820. The lowest BCUT2D eigenvalue weighted by molar-refractivity contribution is -0.120. The van der Waals surface area contributed by atoms with Crippen molar-refractivity contribution in [2.75, 3.05) is 27.2 Å². The van der Waals surface area contributed by atoms with Gasteiger partial charge in [0.25, 0.3) is 0 Å². The molecule has 1 atom stereocenters. The van der Waals surface area contributed by atoms with Crippen molar-refractivity contribution in [2.45, 2.75) is 6.04 Å². The summed E-state index contributed by atoms with van der Waals surface area (Å²) in [6.45, 7) is 1.52. The lowest BCUT2D eigenvalue weighted by Gasteiger charge is -2.18. The maximum atomic E-state index is 11.7. The van der Waals surface area contributed by atoms with Crippen LogP contribution in [0.5, 0.6) is 0 Å². The minimum atomic E-state index is -0.520. The Morgan fingerprint density at radius 3 is 2.80 bits per heavy atom. The molecule has 5 heteroatoms. The molecule has 1 heterocycles. The van der Waals surface area contributed by atoms with Crippen LogP contribution < -0.4 is 11.1 Å².